The molecule has 0 spiro atoms. The summed E-state index contributed by atoms with van der Waals surface area (Å²) in [5, 5.41) is 0. The molecule has 1 atom stereocenters. The second-order valence-electron chi connectivity index (χ2n) is 3.95. The Kier molecular flexibility index (Phi) is 2.78. The molecule has 0 bridgehead atoms. The van der Waals surface area contributed by atoms with Crippen molar-refractivity contribution in [3.05, 3.63) is 23.9 Å². The van der Waals surface area contributed by atoms with Gasteiger partial charge in [0.2, 0.25) is 0 Å². The number of rotatable bonds is 2. The maximum Gasteiger partial charge on any atom is 0.417 e. The van der Waals surface area contributed by atoms with Gasteiger partial charge in [-0.25, -0.2) is 4.98 Å². The number of hydrogen-bond donors (Lipinski definition) is 0. The van der Waals surface area contributed by atoms with Crippen LogP contribution in [-0.4, -0.2) is 17.6 Å². The van der Waals surface area contributed by atoms with E-state index in [0.717, 1.165) is 31.6 Å². The van der Waals surface area contributed by atoms with Gasteiger partial charge in [0.15, 0.2) is 0 Å². The van der Waals surface area contributed by atoms with E-state index in [1.165, 1.54) is 6.07 Å². The van der Waals surface area contributed by atoms with Gasteiger partial charge in [0, 0.05) is 18.8 Å². The number of aromatic nitrogens is 1. The first-order valence-corrected chi connectivity index (χ1v) is 5.32. The molecule has 0 N–H and O–H groups in total. The van der Waals surface area contributed by atoms with Crippen molar-refractivity contribution in [2.24, 2.45) is 0 Å². The molecule has 1 aliphatic heterocycles. The van der Waals surface area contributed by atoms with E-state index >= 15 is 0 Å². The Balaban J connectivity index is 2.14. The van der Waals surface area contributed by atoms with Crippen LogP contribution in [0.4, 0.5) is 19.0 Å². The summed E-state index contributed by atoms with van der Waals surface area (Å²) in [6.45, 7) is 2.96. The van der Waals surface area contributed by atoms with Crippen LogP contribution in [0.1, 0.15) is 25.3 Å². The lowest BCUT2D eigenvalue weighted by Gasteiger charge is -2.41. The molecule has 0 amide bonds. The highest BCUT2D eigenvalue weighted by atomic mass is 19.4. The molecule has 1 aromatic rings. The van der Waals surface area contributed by atoms with Gasteiger partial charge in [-0.1, -0.05) is 6.92 Å². The molecule has 1 aliphatic rings. The summed E-state index contributed by atoms with van der Waals surface area (Å²) in [7, 11) is 0. The third kappa shape index (κ3) is 1.99. The Labute approximate surface area is 92.1 Å². The van der Waals surface area contributed by atoms with Crippen molar-refractivity contribution in [2.75, 3.05) is 11.4 Å². The van der Waals surface area contributed by atoms with Crippen molar-refractivity contribution in [1.82, 2.24) is 4.98 Å². The van der Waals surface area contributed by atoms with Crippen LogP contribution in [0, 0.1) is 0 Å². The first-order valence-electron chi connectivity index (χ1n) is 5.32. The molecule has 0 aliphatic carbocycles. The predicted octanol–water partition coefficient (Wildman–Crippen LogP) is 3.09. The van der Waals surface area contributed by atoms with Crippen molar-refractivity contribution in [1.29, 1.82) is 0 Å². The smallest absolute Gasteiger partial charge is 0.354 e. The molecule has 16 heavy (non-hydrogen) atoms. The van der Waals surface area contributed by atoms with Gasteiger partial charge in [-0.3, -0.25) is 0 Å². The Morgan fingerprint density at radius 2 is 2.19 bits per heavy atom. The Morgan fingerprint density at radius 1 is 1.44 bits per heavy atom. The summed E-state index contributed by atoms with van der Waals surface area (Å²) in [5.41, 5.74) is -0.690. The van der Waals surface area contributed by atoms with Gasteiger partial charge in [-0.05, 0) is 25.0 Å². The van der Waals surface area contributed by atoms with Gasteiger partial charge in [0.05, 0.1) is 5.56 Å². The van der Waals surface area contributed by atoms with Gasteiger partial charge in [-0.15, -0.1) is 0 Å². The first kappa shape index (κ1) is 11.2. The molecule has 1 unspecified atom stereocenters. The summed E-state index contributed by atoms with van der Waals surface area (Å²) >= 11 is 0. The zero-order chi connectivity index (χ0) is 11.8. The van der Waals surface area contributed by atoms with Crippen LogP contribution in [0.25, 0.3) is 0 Å². The van der Waals surface area contributed by atoms with Crippen LogP contribution >= 0.6 is 0 Å². The van der Waals surface area contributed by atoms with E-state index in [1.807, 2.05) is 4.90 Å². The van der Waals surface area contributed by atoms with E-state index < -0.39 is 11.7 Å². The minimum atomic E-state index is -4.30. The van der Waals surface area contributed by atoms with Crippen LogP contribution in [0.15, 0.2) is 18.3 Å². The molecule has 88 valence electrons. The fourth-order valence-corrected chi connectivity index (χ4v) is 1.89. The van der Waals surface area contributed by atoms with E-state index in [4.69, 9.17) is 0 Å². The minimum absolute atomic E-state index is 0.434. The van der Waals surface area contributed by atoms with E-state index in [9.17, 15) is 13.2 Å². The lowest BCUT2D eigenvalue weighted by molar-refractivity contribution is -0.137. The molecule has 0 aromatic carbocycles. The van der Waals surface area contributed by atoms with Crippen LogP contribution in [0.3, 0.4) is 0 Å². The predicted molar refractivity (Wildman–Crippen MR) is 55.3 cm³/mol. The second kappa shape index (κ2) is 3.96. The third-order valence-corrected chi connectivity index (χ3v) is 2.98. The van der Waals surface area contributed by atoms with Gasteiger partial charge in [0.25, 0.3) is 0 Å². The Morgan fingerprint density at radius 3 is 2.56 bits per heavy atom. The highest BCUT2D eigenvalue weighted by molar-refractivity contribution is 5.43. The minimum Gasteiger partial charge on any atom is -0.354 e. The summed E-state index contributed by atoms with van der Waals surface area (Å²) in [6, 6.07) is 2.97. The molecule has 1 fully saturated rings. The number of alkyl halides is 3. The number of anilines is 1. The topological polar surface area (TPSA) is 16.1 Å². The maximum atomic E-state index is 12.3. The van der Waals surface area contributed by atoms with Crippen LogP contribution < -0.4 is 4.90 Å². The molecule has 2 heterocycles. The average Bonchev–Trinajstić information content (AvgIpc) is 2.16. The molecule has 1 aromatic heterocycles. The number of pyridine rings is 1. The normalized spacial score (nSPS) is 20.8. The van der Waals surface area contributed by atoms with Crippen molar-refractivity contribution in [2.45, 2.75) is 32.0 Å². The van der Waals surface area contributed by atoms with Gasteiger partial charge >= 0.3 is 6.18 Å². The molecular formula is C11H13F3N2. The molecule has 5 heteroatoms. The molecule has 0 saturated carbocycles. The maximum absolute atomic E-state index is 12.3. The number of halogens is 3. The highest BCUT2D eigenvalue weighted by Gasteiger charge is 2.32. The van der Waals surface area contributed by atoms with Crippen LogP contribution in [0.5, 0.6) is 0 Å². The Bertz CT molecular complexity index is 356. The van der Waals surface area contributed by atoms with E-state index in [1.54, 1.807) is 0 Å². The SMILES string of the molecule is CCC1CCN1c1ccc(C(F)(F)F)cn1. The van der Waals surface area contributed by atoms with E-state index in [0.29, 0.717) is 11.9 Å². The largest absolute Gasteiger partial charge is 0.417 e. The van der Waals surface area contributed by atoms with Gasteiger partial charge < -0.3 is 4.90 Å². The van der Waals surface area contributed by atoms with Gasteiger partial charge in [-0.2, -0.15) is 13.2 Å². The quantitative estimate of drug-likeness (QED) is 0.776. The van der Waals surface area contributed by atoms with Crippen molar-refractivity contribution in [3.8, 4) is 0 Å². The molecule has 2 rings (SSSR count). The summed E-state index contributed by atoms with van der Waals surface area (Å²) < 4.78 is 36.9. The van der Waals surface area contributed by atoms with Crippen molar-refractivity contribution in [3.63, 3.8) is 0 Å². The van der Waals surface area contributed by atoms with Crippen LogP contribution in [-0.2, 0) is 6.18 Å². The third-order valence-electron chi connectivity index (χ3n) is 2.98. The van der Waals surface area contributed by atoms with Crippen molar-refractivity contribution >= 4 is 5.82 Å². The second-order valence-corrected chi connectivity index (χ2v) is 3.95. The van der Waals surface area contributed by atoms with Gasteiger partial charge in [0.1, 0.15) is 5.82 Å². The summed E-state index contributed by atoms with van der Waals surface area (Å²) in [4.78, 5) is 5.91. The number of hydrogen-bond acceptors (Lipinski definition) is 2. The summed E-state index contributed by atoms with van der Waals surface area (Å²) in [6.07, 6.45) is -1.30. The Hall–Kier alpha value is -1.26. The molecule has 0 radical (unpaired) electrons. The zero-order valence-corrected chi connectivity index (χ0v) is 8.96. The molecule has 1 saturated heterocycles. The summed E-state index contributed by atoms with van der Waals surface area (Å²) in [5.74, 6) is 0.645. The molecular weight excluding hydrogens is 217 g/mol. The van der Waals surface area contributed by atoms with E-state index in [-0.39, 0.29) is 0 Å². The zero-order valence-electron chi connectivity index (χ0n) is 8.96. The highest BCUT2D eigenvalue weighted by Crippen LogP contribution is 2.31. The van der Waals surface area contributed by atoms with E-state index in [2.05, 4.69) is 11.9 Å². The van der Waals surface area contributed by atoms with Crippen molar-refractivity contribution < 1.29 is 13.2 Å². The lowest BCUT2D eigenvalue weighted by atomic mass is 10.0. The average molecular weight is 230 g/mol. The fourth-order valence-electron chi connectivity index (χ4n) is 1.89. The standard InChI is InChI=1S/C11H13F3N2/c1-2-9-5-6-16(9)10-4-3-8(7-15-10)11(12,13)14/h3-4,7,9H,2,5-6H2,1H3. The lowest BCUT2D eigenvalue weighted by Crippen LogP contribution is -2.47. The van der Waals surface area contributed by atoms with Crippen LogP contribution in [0.2, 0.25) is 0 Å². The number of nitrogens with zero attached hydrogens (tertiary/aromatic N) is 2. The first-order chi connectivity index (χ1) is 7.52. The fraction of sp³-hybridized carbons (Fsp3) is 0.545. The molecule has 2 nitrogen and oxygen atoms in total. The monoisotopic (exact) mass is 230 g/mol.